The van der Waals surface area contributed by atoms with Gasteiger partial charge in [0, 0.05) is 56.3 Å². The largest absolute Gasteiger partial charge is 0.396 e. The van der Waals surface area contributed by atoms with Gasteiger partial charge in [0.25, 0.3) is 0 Å². The van der Waals surface area contributed by atoms with E-state index >= 15 is 0 Å². The van der Waals surface area contributed by atoms with E-state index in [2.05, 4.69) is 27.5 Å². The van der Waals surface area contributed by atoms with Crippen LogP contribution >= 0.6 is 11.3 Å². The van der Waals surface area contributed by atoms with E-state index in [1.54, 1.807) is 18.4 Å². The van der Waals surface area contributed by atoms with Gasteiger partial charge in [-0.05, 0) is 19.3 Å². The number of aliphatic imine (C=N–C) groups is 1. The molecule has 1 aromatic rings. The highest BCUT2D eigenvalue weighted by molar-refractivity contribution is 7.11. The minimum atomic E-state index is 0.0255. The van der Waals surface area contributed by atoms with E-state index in [1.807, 2.05) is 6.20 Å². The smallest absolute Gasteiger partial charge is 0.191 e. The highest BCUT2D eigenvalue weighted by atomic mass is 32.1. The summed E-state index contributed by atoms with van der Waals surface area (Å²) in [6.45, 7) is 5.40. The number of aliphatic hydroxyl groups excluding tert-OH is 1. The van der Waals surface area contributed by atoms with Gasteiger partial charge in [-0.15, -0.1) is 11.3 Å². The molecule has 0 bridgehead atoms. The molecule has 1 aliphatic rings. The quantitative estimate of drug-likeness (QED) is 0.490. The molecule has 2 heterocycles. The normalized spacial score (nSPS) is 21.6. The highest BCUT2D eigenvalue weighted by Gasteiger charge is 2.34. The van der Waals surface area contributed by atoms with Crippen LogP contribution < -0.4 is 10.6 Å². The minimum Gasteiger partial charge on any atom is -0.396 e. The van der Waals surface area contributed by atoms with Crippen LogP contribution in [0.25, 0.3) is 0 Å². The van der Waals surface area contributed by atoms with Crippen molar-refractivity contribution in [3.05, 3.63) is 16.1 Å². The number of rotatable bonds is 8. The summed E-state index contributed by atoms with van der Waals surface area (Å²) in [6, 6.07) is 0. The van der Waals surface area contributed by atoms with Gasteiger partial charge in [-0.25, -0.2) is 4.98 Å². The number of aryl methyl sites for hydroxylation is 1. The summed E-state index contributed by atoms with van der Waals surface area (Å²) in [5.41, 5.74) is 0.0255. The first-order chi connectivity index (χ1) is 11.2. The van der Waals surface area contributed by atoms with E-state index < -0.39 is 0 Å². The van der Waals surface area contributed by atoms with Crippen molar-refractivity contribution in [1.82, 2.24) is 15.6 Å². The summed E-state index contributed by atoms with van der Waals surface area (Å²) in [5.74, 6) is 0.793. The van der Waals surface area contributed by atoms with Crippen molar-refractivity contribution in [3.8, 4) is 0 Å². The number of ether oxygens (including phenoxy) is 1. The van der Waals surface area contributed by atoms with Gasteiger partial charge in [-0.2, -0.15) is 0 Å². The Morgan fingerprint density at radius 3 is 3.00 bits per heavy atom. The predicted octanol–water partition coefficient (Wildman–Crippen LogP) is 1.20. The standard InChI is InChI=1S/C16H28N4O2S/c1-3-13-10-19-14(23-13)4-7-18-15(17-2)20-11-16(5-8-21)6-9-22-12-16/h10,21H,3-9,11-12H2,1-2H3,(H2,17,18,20). The van der Waals surface area contributed by atoms with Gasteiger partial charge in [-0.3, -0.25) is 4.99 Å². The zero-order valence-electron chi connectivity index (χ0n) is 14.1. The molecule has 23 heavy (non-hydrogen) atoms. The maximum atomic E-state index is 9.27. The number of hydrogen-bond acceptors (Lipinski definition) is 5. The molecular weight excluding hydrogens is 312 g/mol. The molecule has 1 fully saturated rings. The first-order valence-electron chi connectivity index (χ1n) is 8.28. The van der Waals surface area contributed by atoms with Crippen molar-refractivity contribution >= 4 is 17.3 Å². The average Bonchev–Trinajstić information content (AvgIpc) is 3.21. The van der Waals surface area contributed by atoms with Crippen molar-refractivity contribution < 1.29 is 9.84 Å². The molecule has 7 heteroatoms. The number of aliphatic hydroxyl groups is 1. The molecule has 0 spiro atoms. The lowest BCUT2D eigenvalue weighted by molar-refractivity contribution is 0.127. The third-order valence-electron chi connectivity index (χ3n) is 4.26. The number of hydrogen-bond donors (Lipinski definition) is 3. The monoisotopic (exact) mass is 340 g/mol. The van der Waals surface area contributed by atoms with E-state index in [9.17, 15) is 5.11 Å². The Bertz CT molecular complexity index is 498. The van der Waals surface area contributed by atoms with Crippen molar-refractivity contribution in [3.63, 3.8) is 0 Å². The van der Waals surface area contributed by atoms with Gasteiger partial charge in [0.2, 0.25) is 0 Å². The van der Waals surface area contributed by atoms with Crippen LogP contribution in [0.4, 0.5) is 0 Å². The Morgan fingerprint density at radius 1 is 1.52 bits per heavy atom. The fourth-order valence-corrected chi connectivity index (χ4v) is 3.58. The summed E-state index contributed by atoms with van der Waals surface area (Å²) in [6.07, 6.45) is 5.65. The summed E-state index contributed by atoms with van der Waals surface area (Å²) in [5, 5.41) is 17.1. The van der Waals surface area contributed by atoms with E-state index in [0.29, 0.717) is 6.61 Å². The molecule has 0 aromatic carbocycles. The summed E-state index contributed by atoms with van der Waals surface area (Å²) >= 11 is 1.78. The molecule has 3 N–H and O–H groups in total. The molecule has 0 aliphatic carbocycles. The van der Waals surface area contributed by atoms with Crippen LogP contribution in [-0.2, 0) is 17.6 Å². The molecule has 2 rings (SSSR count). The summed E-state index contributed by atoms with van der Waals surface area (Å²) < 4.78 is 5.51. The van der Waals surface area contributed by atoms with Crippen molar-refractivity contribution in [2.45, 2.75) is 32.6 Å². The molecule has 1 aliphatic heterocycles. The first kappa shape index (κ1) is 18.2. The number of aromatic nitrogens is 1. The molecule has 1 aromatic heterocycles. The molecule has 0 saturated carbocycles. The lowest BCUT2D eigenvalue weighted by Crippen LogP contribution is -2.45. The van der Waals surface area contributed by atoms with Crippen molar-refractivity contribution in [2.24, 2.45) is 10.4 Å². The van der Waals surface area contributed by atoms with E-state index in [-0.39, 0.29) is 12.0 Å². The highest BCUT2D eigenvalue weighted by Crippen LogP contribution is 2.31. The first-order valence-corrected chi connectivity index (χ1v) is 9.10. The number of thiazole rings is 1. The van der Waals surface area contributed by atoms with E-state index in [0.717, 1.165) is 56.3 Å². The van der Waals surface area contributed by atoms with Gasteiger partial charge in [-0.1, -0.05) is 6.92 Å². The molecule has 6 nitrogen and oxygen atoms in total. The fourth-order valence-electron chi connectivity index (χ4n) is 2.72. The molecular formula is C16H28N4O2S. The Hall–Kier alpha value is -1.18. The Morgan fingerprint density at radius 2 is 2.39 bits per heavy atom. The Balaban J connectivity index is 1.74. The molecule has 130 valence electrons. The summed E-state index contributed by atoms with van der Waals surface area (Å²) in [4.78, 5) is 10.0. The second-order valence-electron chi connectivity index (χ2n) is 5.95. The van der Waals surface area contributed by atoms with Gasteiger partial charge >= 0.3 is 0 Å². The zero-order chi connectivity index (χ0) is 16.5. The van der Waals surface area contributed by atoms with Crippen molar-refractivity contribution in [1.29, 1.82) is 0 Å². The average molecular weight is 340 g/mol. The van der Waals surface area contributed by atoms with Gasteiger partial charge < -0.3 is 20.5 Å². The summed E-state index contributed by atoms with van der Waals surface area (Å²) in [7, 11) is 1.78. The fraction of sp³-hybridized carbons (Fsp3) is 0.750. The Labute approximate surface area is 142 Å². The molecule has 1 unspecified atom stereocenters. The van der Waals surface area contributed by atoms with Crippen LogP contribution in [0.1, 0.15) is 29.7 Å². The second kappa shape index (κ2) is 9.20. The third kappa shape index (κ3) is 5.44. The van der Waals surface area contributed by atoms with Crippen LogP contribution in [0.15, 0.2) is 11.2 Å². The van der Waals surface area contributed by atoms with Gasteiger partial charge in [0.05, 0.1) is 11.6 Å². The second-order valence-corrected chi connectivity index (χ2v) is 7.15. The zero-order valence-corrected chi connectivity index (χ0v) is 14.9. The number of nitrogens with one attached hydrogen (secondary N) is 2. The number of nitrogens with zero attached hydrogens (tertiary/aromatic N) is 2. The van der Waals surface area contributed by atoms with Crippen LogP contribution in [-0.4, -0.2) is 56.0 Å². The van der Waals surface area contributed by atoms with Crippen LogP contribution in [0.3, 0.4) is 0 Å². The van der Waals surface area contributed by atoms with Crippen LogP contribution in [0, 0.1) is 5.41 Å². The predicted molar refractivity (Wildman–Crippen MR) is 94.1 cm³/mol. The molecule has 0 amide bonds. The van der Waals surface area contributed by atoms with E-state index in [4.69, 9.17) is 4.74 Å². The molecule has 1 saturated heterocycles. The Kier molecular flexibility index (Phi) is 7.26. The van der Waals surface area contributed by atoms with Crippen molar-refractivity contribution in [2.75, 3.05) is 40.0 Å². The maximum absolute atomic E-state index is 9.27. The van der Waals surface area contributed by atoms with Gasteiger partial charge in [0.15, 0.2) is 5.96 Å². The SMILES string of the molecule is CCc1cnc(CCNC(=NC)NCC2(CCO)CCOC2)s1. The lowest BCUT2D eigenvalue weighted by atomic mass is 9.84. The van der Waals surface area contributed by atoms with Gasteiger partial charge in [0.1, 0.15) is 0 Å². The molecule has 1 atom stereocenters. The number of guanidine groups is 1. The minimum absolute atomic E-state index is 0.0255. The topological polar surface area (TPSA) is 78.8 Å². The van der Waals surface area contributed by atoms with Crippen LogP contribution in [0.5, 0.6) is 0 Å². The lowest BCUT2D eigenvalue weighted by Gasteiger charge is -2.27. The van der Waals surface area contributed by atoms with E-state index in [1.165, 1.54) is 4.88 Å². The molecule has 0 radical (unpaired) electrons. The third-order valence-corrected chi connectivity index (χ3v) is 5.46. The maximum Gasteiger partial charge on any atom is 0.191 e. The van der Waals surface area contributed by atoms with Crippen LogP contribution in [0.2, 0.25) is 0 Å².